The molecule has 0 aliphatic carbocycles. The van der Waals surface area contributed by atoms with Gasteiger partial charge in [0.1, 0.15) is 0 Å². The first-order valence-corrected chi connectivity index (χ1v) is 9.36. The summed E-state index contributed by atoms with van der Waals surface area (Å²) in [4.78, 5) is 28.3. The zero-order valence-corrected chi connectivity index (χ0v) is 15.8. The van der Waals surface area contributed by atoms with Crippen molar-refractivity contribution in [1.29, 1.82) is 0 Å². The van der Waals surface area contributed by atoms with E-state index in [2.05, 4.69) is 5.32 Å². The molecule has 0 unspecified atom stereocenters. The van der Waals surface area contributed by atoms with Crippen LogP contribution in [0.2, 0.25) is 5.02 Å². The molecule has 2 aromatic carbocycles. The van der Waals surface area contributed by atoms with E-state index in [-0.39, 0.29) is 11.9 Å². The van der Waals surface area contributed by atoms with Gasteiger partial charge in [-0.25, -0.2) is 4.79 Å². The van der Waals surface area contributed by atoms with Crippen molar-refractivity contribution in [2.24, 2.45) is 5.73 Å². The molecule has 0 bridgehead atoms. The summed E-state index contributed by atoms with van der Waals surface area (Å²) in [5.41, 5.74) is 7.91. The Morgan fingerprint density at radius 1 is 1.19 bits per heavy atom. The van der Waals surface area contributed by atoms with Gasteiger partial charge >= 0.3 is 6.03 Å². The first-order chi connectivity index (χ1) is 13.1. The predicted molar refractivity (Wildman–Crippen MR) is 107 cm³/mol. The highest BCUT2D eigenvalue weighted by molar-refractivity contribution is 6.34. The van der Waals surface area contributed by atoms with E-state index in [0.29, 0.717) is 49.0 Å². The van der Waals surface area contributed by atoms with E-state index in [9.17, 15) is 9.59 Å². The number of benzene rings is 2. The molecule has 27 heavy (non-hydrogen) atoms. The molecule has 0 radical (unpaired) electrons. The second-order valence-electron chi connectivity index (χ2n) is 6.36. The Labute approximate surface area is 163 Å². The van der Waals surface area contributed by atoms with Crippen LogP contribution < -0.4 is 16.0 Å². The van der Waals surface area contributed by atoms with Crippen LogP contribution in [0.25, 0.3) is 0 Å². The Morgan fingerprint density at radius 2 is 1.96 bits per heavy atom. The summed E-state index contributed by atoms with van der Waals surface area (Å²) in [6.45, 7) is 2.50. The van der Waals surface area contributed by atoms with Gasteiger partial charge in [-0.05, 0) is 30.2 Å². The van der Waals surface area contributed by atoms with E-state index in [0.717, 1.165) is 12.0 Å². The van der Waals surface area contributed by atoms with Crippen molar-refractivity contribution >= 4 is 29.2 Å². The number of carbonyl (C=O) groups excluding carboxylic acids is 2. The molecule has 142 valence electrons. The molecule has 2 aromatic rings. The van der Waals surface area contributed by atoms with Crippen molar-refractivity contribution in [2.75, 3.05) is 37.6 Å². The Bertz CT molecular complexity index is 813. The number of amides is 3. The summed E-state index contributed by atoms with van der Waals surface area (Å²) in [7, 11) is 0. The minimum Gasteiger partial charge on any atom is -0.337 e. The SMILES string of the molecule is NCCN(CCc1ccccc1)C(=O)c1cc(N2CCNC2=O)ccc1Cl. The van der Waals surface area contributed by atoms with E-state index in [1.165, 1.54) is 0 Å². The quantitative estimate of drug-likeness (QED) is 0.767. The van der Waals surface area contributed by atoms with Crippen LogP contribution in [0, 0.1) is 0 Å². The fraction of sp³-hybridized carbons (Fsp3) is 0.300. The van der Waals surface area contributed by atoms with Gasteiger partial charge < -0.3 is 16.0 Å². The number of hydrogen-bond donors (Lipinski definition) is 2. The third kappa shape index (κ3) is 4.59. The molecule has 0 spiro atoms. The van der Waals surface area contributed by atoms with Crippen LogP contribution in [0.1, 0.15) is 15.9 Å². The van der Waals surface area contributed by atoms with Crippen LogP contribution in [0.4, 0.5) is 10.5 Å². The predicted octanol–water partition coefficient (Wildman–Crippen LogP) is 2.51. The van der Waals surface area contributed by atoms with Crippen molar-refractivity contribution in [1.82, 2.24) is 10.2 Å². The minimum atomic E-state index is -0.178. The summed E-state index contributed by atoms with van der Waals surface area (Å²) in [5, 5.41) is 3.12. The summed E-state index contributed by atoms with van der Waals surface area (Å²) in [6, 6.07) is 14.9. The lowest BCUT2D eigenvalue weighted by Gasteiger charge is -2.24. The van der Waals surface area contributed by atoms with E-state index < -0.39 is 0 Å². The number of nitrogens with zero attached hydrogens (tertiary/aromatic N) is 2. The lowest BCUT2D eigenvalue weighted by Crippen LogP contribution is -2.37. The van der Waals surface area contributed by atoms with Gasteiger partial charge in [0, 0.05) is 38.4 Å². The van der Waals surface area contributed by atoms with Crippen LogP contribution in [0.15, 0.2) is 48.5 Å². The van der Waals surface area contributed by atoms with Crippen LogP contribution in [0.5, 0.6) is 0 Å². The van der Waals surface area contributed by atoms with Gasteiger partial charge in [0.2, 0.25) is 0 Å². The van der Waals surface area contributed by atoms with Crippen molar-refractivity contribution in [3.05, 3.63) is 64.7 Å². The number of rotatable bonds is 7. The summed E-state index contributed by atoms with van der Waals surface area (Å²) < 4.78 is 0. The normalized spacial score (nSPS) is 13.6. The molecule has 3 rings (SSSR count). The third-order valence-corrected chi connectivity index (χ3v) is 4.88. The maximum Gasteiger partial charge on any atom is 0.321 e. The molecule has 0 aromatic heterocycles. The number of nitrogens with two attached hydrogens (primary N) is 1. The number of anilines is 1. The average molecular weight is 387 g/mol. The first kappa shape index (κ1) is 19.2. The lowest BCUT2D eigenvalue weighted by molar-refractivity contribution is 0.0762. The van der Waals surface area contributed by atoms with E-state index >= 15 is 0 Å². The van der Waals surface area contributed by atoms with E-state index in [1.54, 1.807) is 28.0 Å². The number of carbonyl (C=O) groups is 2. The van der Waals surface area contributed by atoms with Crippen molar-refractivity contribution in [3.8, 4) is 0 Å². The molecule has 0 saturated carbocycles. The molecule has 6 nitrogen and oxygen atoms in total. The van der Waals surface area contributed by atoms with Crippen molar-refractivity contribution in [3.63, 3.8) is 0 Å². The summed E-state index contributed by atoms with van der Waals surface area (Å²) in [6.07, 6.45) is 0.735. The molecule has 1 heterocycles. The molecular weight excluding hydrogens is 364 g/mol. The first-order valence-electron chi connectivity index (χ1n) is 8.98. The molecule has 0 atom stereocenters. The highest BCUT2D eigenvalue weighted by atomic mass is 35.5. The molecule has 1 fully saturated rings. The van der Waals surface area contributed by atoms with Gasteiger partial charge in [0.25, 0.3) is 5.91 Å². The Hall–Kier alpha value is -2.57. The molecule has 7 heteroatoms. The summed E-state index contributed by atoms with van der Waals surface area (Å²) in [5.74, 6) is -0.178. The Kier molecular flexibility index (Phi) is 6.32. The largest absolute Gasteiger partial charge is 0.337 e. The monoisotopic (exact) mass is 386 g/mol. The van der Waals surface area contributed by atoms with Crippen LogP contribution in [-0.2, 0) is 6.42 Å². The number of urea groups is 1. The second kappa shape index (κ2) is 8.88. The Morgan fingerprint density at radius 3 is 2.63 bits per heavy atom. The topological polar surface area (TPSA) is 78.7 Å². The van der Waals surface area contributed by atoms with Crippen molar-refractivity contribution in [2.45, 2.75) is 6.42 Å². The van der Waals surface area contributed by atoms with Crippen LogP contribution in [0.3, 0.4) is 0 Å². The van der Waals surface area contributed by atoms with Crippen LogP contribution in [-0.4, -0.2) is 49.6 Å². The second-order valence-corrected chi connectivity index (χ2v) is 6.77. The van der Waals surface area contributed by atoms with Gasteiger partial charge in [-0.2, -0.15) is 0 Å². The smallest absolute Gasteiger partial charge is 0.321 e. The molecule has 3 N–H and O–H groups in total. The van der Waals surface area contributed by atoms with Gasteiger partial charge in [-0.3, -0.25) is 9.69 Å². The summed E-state index contributed by atoms with van der Waals surface area (Å²) >= 11 is 6.30. The minimum absolute atomic E-state index is 0.168. The standard InChI is InChI=1S/C20H23ClN4O2/c21-18-7-6-16(25-13-10-23-20(25)27)14-17(18)19(26)24(12-9-22)11-8-15-4-2-1-3-5-15/h1-7,14H,8-13,22H2,(H,23,27). The van der Waals surface area contributed by atoms with Gasteiger partial charge in [0.15, 0.2) is 0 Å². The molecule has 1 aliphatic rings. The van der Waals surface area contributed by atoms with Crippen molar-refractivity contribution < 1.29 is 9.59 Å². The molecule has 1 aliphatic heterocycles. The maximum absolute atomic E-state index is 13.1. The average Bonchev–Trinajstić information content (AvgIpc) is 3.12. The molecule has 3 amide bonds. The van der Waals surface area contributed by atoms with Gasteiger partial charge in [0.05, 0.1) is 10.6 Å². The highest BCUT2D eigenvalue weighted by Crippen LogP contribution is 2.25. The van der Waals surface area contributed by atoms with E-state index in [4.69, 9.17) is 17.3 Å². The number of halogens is 1. The number of hydrogen-bond acceptors (Lipinski definition) is 3. The zero-order chi connectivity index (χ0) is 19.2. The number of nitrogens with one attached hydrogen (secondary N) is 1. The molecule has 1 saturated heterocycles. The fourth-order valence-electron chi connectivity index (χ4n) is 3.11. The fourth-order valence-corrected chi connectivity index (χ4v) is 3.31. The highest BCUT2D eigenvalue weighted by Gasteiger charge is 2.24. The van der Waals surface area contributed by atoms with Gasteiger partial charge in [-0.1, -0.05) is 41.9 Å². The lowest BCUT2D eigenvalue weighted by atomic mass is 10.1. The zero-order valence-electron chi connectivity index (χ0n) is 15.0. The van der Waals surface area contributed by atoms with Gasteiger partial charge in [-0.15, -0.1) is 0 Å². The third-order valence-electron chi connectivity index (χ3n) is 4.55. The van der Waals surface area contributed by atoms with Crippen LogP contribution >= 0.6 is 11.6 Å². The maximum atomic E-state index is 13.1. The van der Waals surface area contributed by atoms with E-state index in [1.807, 2.05) is 30.3 Å². The Balaban J connectivity index is 1.79. The molecular formula is C20H23ClN4O2.